The van der Waals surface area contributed by atoms with Crippen LogP contribution in [0.2, 0.25) is 0 Å². The SMILES string of the molecule is COCCOc1cccc(-c2ccc(C3=N[C@@H](CC(=O)OC)c4nnc(C)n4-c4sc(C)c(C)c43)cc2)c1. The Morgan fingerprint density at radius 1 is 0.974 bits per heavy atom. The van der Waals surface area contributed by atoms with E-state index in [1.165, 1.54) is 12.0 Å². The molecule has 1 aliphatic heterocycles. The van der Waals surface area contributed by atoms with Crippen LogP contribution < -0.4 is 4.74 Å². The average molecular weight is 531 g/mol. The fraction of sp³-hybridized carbons (Fsp3) is 0.310. The number of carbonyl (C=O) groups is 1. The van der Waals surface area contributed by atoms with Gasteiger partial charge >= 0.3 is 5.97 Å². The predicted molar refractivity (Wildman–Crippen MR) is 148 cm³/mol. The van der Waals surface area contributed by atoms with Gasteiger partial charge in [0.25, 0.3) is 0 Å². The van der Waals surface area contributed by atoms with Gasteiger partial charge in [-0.15, -0.1) is 21.5 Å². The molecule has 0 saturated heterocycles. The maximum atomic E-state index is 12.3. The average Bonchev–Trinajstić information content (AvgIpc) is 3.41. The highest BCUT2D eigenvalue weighted by molar-refractivity contribution is 7.15. The normalized spacial score (nSPS) is 14.3. The molecular weight excluding hydrogens is 500 g/mol. The van der Waals surface area contributed by atoms with Crippen molar-refractivity contribution in [2.45, 2.75) is 33.2 Å². The Labute approximate surface area is 225 Å². The number of aromatic nitrogens is 3. The van der Waals surface area contributed by atoms with E-state index < -0.39 is 6.04 Å². The lowest BCUT2D eigenvalue weighted by atomic mass is 9.97. The minimum Gasteiger partial charge on any atom is -0.491 e. The van der Waals surface area contributed by atoms with Crippen LogP contribution in [0.1, 0.15) is 45.7 Å². The Morgan fingerprint density at radius 2 is 1.74 bits per heavy atom. The standard InChI is InChI=1S/C29H30N4O4S/c1-17-18(2)38-29-26(17)27(30-24(16-25(34)36-5)28-32-31-19(3)33(28)29)21-11-9-20(10-12-21)22-7-6-8-23(15-22)37-14-13-35-4/h6-12,15,24H,13-14,16H2,1-5H3/t24-/m0/s1. The van der Waals surface area contributed by atoms with Crippen LogP contribution >= 0.6 is 11.3 Å². The summed E-state index contributed by atoms with van der Waals surface area (Å²) in [5, 5.41) is 9.76. The van der Waals surface area contributed by atoms with Crippen molar-refractivity contribution in [3.8, 4) is 21.9 Å². The number of aliphatic imine (C=N–C) groups is 1. The maximum absolute atomic E-state index is 12.3. The van der Waals surface area contributed by atoms with E-state index in [1.54, 1.807) is 18.4 Å². The van der Waals surface area contributed by atoms with Gasteiger partial charge in [0, 0.05) is 23.1 Å². The third-order valence-corrected chi connectivity index (χ3v) is 7.90. The van der Waals surface area contributed by atoms with Crippen LogP contribution in [0.4, 0.5) is 0 Å². The number of carbonyl (C=O) groups excluding carboxylic acids is 1. The van der Waals surface area contributed by atoms with Gasteiger partial charge in [0.2, 0.25) is 0 Å². The molecule has 0 amide bonds. The summed E-state index contributed by atoms with van der Waals surface area (Å²) in [5.41, 5.74) is 6.14. The number of hydrogen-bond donors (Lipinski definition) is 0. The number of fused-ring (bicyclic) bond motifs is 3. The molecule has 2 aromatic heterocycles. The van der Waals surface area contributed by atoms with Gasteiger partial charge in [-0.05, 0) is 49.6 Å². The van der Waals surface area contributed by atoms with Gasteiger partial charge in [-0.3, -0.25) is 14.4 Å². The fourth-order valence-corrected chi connectivity index (χ4v) is 5.81. The molecule has 0 unspecified atom stereocenters. The summed E-state index contributed by atoms with van der Waals surface area (Å²) in [6.07, 6.45) is 0.0824. The van der Waals surface area contributed by atoms with Crippen LogP contribution in [0.3, 0.4) is 0 Å². The molecule has 8 nitrogen and oxygen atoms in total. The number of rotatable bonds is 8. The fourth-order valence-electron chi connectivity index (χ4n) is 4.59. The summed E-state index contributed by atoms with van der Waals surface area (Å²) in [4.78, 5) is 18.7. The summed E-state index contributed by atoms with van der Waals surface area (Å²) in [6.45, 7) is 7.19. The molecule has 3 heterocycles. The first-order chi connectivity index (χ1) is 18.4. The lowest BCUT2D eigenvalue weighted by Crippen LogP contribution is -2.12. The second kappa shape index (κ2) is 10.9. The molecule has 4 aromatic rings. The summed E-state index contributed by atoms with van der Waals surface area (Å²) < 4.78 is 17.9. The highest BCUT2D eigenvalue weighted by Crippen LogP contribution is 2.39. The zero-order valence-electron chi connectivity index (χ0n) is 22.1. The third-order valence-electron chi connectivity index (χ3n) is 6.71. The van der Waals surface area contributed by atoms with Gasteiger partial charge < -0.3 is 14.2 Å². The summed E-state index contributed by atoms with van der Waals surface area (Å²) in [6, 6.07) is 15.8. The van der Waals surface area contributed by atoms with Gasteiger partial charge in [0.15, 0.2) is 5.82 Å². The van der Waals surface area contributed by atoms with E-state index in [4.69, 9.17) is 19.2 Å². The molecule has 196 valence electrons. The number of esters is 1. The van der Waals surface area contributed by atoms with Crippen molar-refractivity contribution in [3.63, 3.8) is 0 Å². The van der Waals surface area contributed by atoms with Crippen molar-refractivity contribution >= 4 is 23.0 Å². The van der Waals surface area contributed by atoms with Crippen molar-refractivity contribution in [2.24, 2.45) is 4.99 Å². The number of hydrogen-bond acceptors (Lipinski definition) is 8. The third kappa shape index (κ3) is 4.87. The monoisotopic (exact) mass is 530 g/mol. The molecule has 0 fully saturated rings. The number of benzene rings is 2. The van der Waals surface area contributed by atoms with E-state index in [0.29, 0.717) is 19.0 Å². The smallest absolute Gasteiger partial charge is 0.308 e. The van der Waals surface area contributed by atoms with E-state index in [2.05, 4.69) is 54.4 Å². The Balaban J connectivity index is 1.57. The topological polar surface area (TPSA) is 87.8 Å². The second-order valence-electron chi connectivity index (χ2n) is 9.12. The van der Waals surface area contributed by atoms with Crippen LogP contribution in [-0.4, -0.2) is 53.9 Å². The van der Waals surface area contributed by atoms with E-state index in [0.717, 1.165) is 50.1 Å². The summed E-state index contributed by atoms with van der Waals surface area (Å²) in [5.74, 6) is 1.87. The van der Waals surface area contributed by atoms with Gasteiger partial charge in [-0.2, -0.15) is 0 Å². The van der Waals surface area contributed by atoms with Crippen molar-refractivity contribution < 1.29 is 19.0 Å². The number of nitrogens with zero attached hydrogens (tertiary/aromatic N) is 4. The van der Waals surface area contributed by atoms with Crippen molar-refractivity contribution in [1.29, 1.82) is 0 Å². The highest BCUT2D eigenvalue weighted by atomic mass is 32.1. The zero-order chi connectivity index (χ0) is 26.8. The van der Waals surface area contributed by atoms with Crippen LogP contribution in [-0.2, 0) is 14.3 Å². The zero-order valence-corrected chi connectivity index (χ0v) is 23.0. The highest BCUT2D eigenvalue weighted by Gasteiger charge is 2.32. The number of methoxy groups -OCH3 is 2. The van der Waals surface area contributed by atoms with Gasteiger partial charge in [0.05, 0.1) is 25.8 Å². The summed E-state index contributed by atoms with van der Waals surface area (Å²) >= 11 is 1.69. The molecule has 0 saturated carbocycles. The molecule has 0 radical (unpaired) electrons. The van der Waals surface area contributed by atoms with Crippen molar-refractivity contribution in [1.82, 2.24) is 14.8 Å². The largest absolute Gasteiger partial charge is 0.491 e. The quantitative estimate of drug-likeness (QED) is 0.224. The molecular formula is C29H30N4O4S. The van der Waals surface area contributed by atoms with E-state index >= 15 is 0 Å². The molecule has 0 bridgehead atoms. The molecule has 38 heavy (non-hydrogen) atoms. The van der Waals surface area contributed by atoms with Gasteiger partial charge in [-0.1, -0.05) is 36.4 Å². The van der Waals surface area contributed by atoms with Crippen molar-refractivity contribution in [3.05, 3.63) is 81.7 Å². The van der Waals surface area contributed by atoms with Crippen LogP contribution in [0.25, 0.3) is 16.1 Å². The first kappa shape index (κ1) is 25.8. The molecule has 2 aromatic carbocycles. The summed E-state index contributed by atoms with van der Waals surface area (Å²) in [7, 11) is 3.05. The Kier molecular flexibility index (Phi) is 7.40. The minimum atomic E-state index is -0.515. The van der Waals surface area contributed by atoms with Crippen LogP contribution in [0, 0.1) is 20.8 Å². The number of aryl methyl sites for hydroxylation is 2. The maximum Gasteiger partial charge on any atom is 0.308 e. The minimum absolute atomic E-state index is 0.0824. The van der Waals surface area contributed by atoms with Gasteiger partial charge in [0.1, 0.15) is 29.2 Å². The molecule has 1 aliphatic rings. The predicted octanol–water partition coefficient (Wildman–Crippen LogP) is 5.40. The Hall–Kier alpha value is -3.82. The second-order valence-corrected chi connectivity index (χ2v) is 10.3. The molecule has 0 aliphatic carbocycles. The van der Waals surface area contributed by atoms with Crippen LogP contribution in [0.15, 0.2) is 53.5 Å². The lowest BCUT2D eigenvalue weighted by Gasteiger charge is -2.12. The van der Waals surface area contributed by atoms with E-state index in [-0.39, 0.29) is 12.4 Å². The molecule has 9 heteroatoms. The molecule has 0 spiro atoms. The van der Waals surface area contributed by atoms with Gasteiger partial charge in [-0.25, -0.2) is 0 Å². The van der Waals surface area contributed by atoms with Crippen molar-refractivity contribution in [2.75, 3.05) is 27.4 Å². The molecule has 5 rings (SSSR count). The lowest BCUT2D eigenvalue weighted by molar-refractivity contribution is -0.141. The first-order valence-corrected chi connectivity index (χ1v) is 13.2. The van der Waals surface area contributed by atoms with E-state index in [9.17, 15) is 4.79 Å². The molecule has 0 N–H and O–H groups in total. The van der Waals surface area contributed by atoms with Crippen LogP contribution in [0.5, 0.6) is 5.75 Å². The number of ether oxygens (including phenoxy) is 3. The Morgan fingerprint density at radius 3 is 2.47 bits per heavy atom. The number of thiophene rings is 1. The molecule has 1 atom stereocenters. The Bertz CT molecular complexity index is 1500. The first-order valence-electron chi connectivity index (χ1n) is 12.4. The van der Waals surface area contributed by atoms with E-state index in [1.807, 2.05) is 29.7 Å².